The van der Waals surface area contributed by atoms with Crippen LogP contribution in [0, 0.1) is 10.1 Å². The van der Waals surface area contributed by atoms with Gasteiger partial charge in [0.15, 0.2) is 0 Å². The molecular formula is C5H8N4O2. The molecule has 60 valence electrons. The highest BCUT2D eigenvalue weighted by Crippen LogP contribution is 2.07. The summed E-state index contributed by atoms with van der Waals surface area (Å²) in [6.45, 7) is 3.75. The third-order valence-electron chi connectivity index (χ3n) is 1.21. The molecule has 0 aromatic carbocycles. The van der Waals surface area contributed by atoms with Crippen molar-refractivity contribution in [1.82, 2.24) is 15.0 Å². The average molecular weight is 156 g/mol. The van der Waals surface area contributed by atoms with Gasteiger partial charge in [0.25, 0.3) is 0 Å². The Balaban J connectivity index is 2.90. The number of rotatable bonds is 2. The van der Waals surface area contributed by atoms with Gasteiger partial charge in [-0.2, -0.15) is 0 Å². The molecule has 0 aliphatic carbocycles. The predicted octanol–water partition coefficient (Wildman–Crippen LogP) is 0.767. The van der Waals surface area contributed by atoms with Crippen molar-refractivity contribution in [2.45, 2.75) is 19.9 Å². The van der Waals surface area contributed by atoms with Crippen molar-refractivity contribution in [1.29, 1.82) is 0 Å². The molecule has 0 N–H and O–H groups in total. The van der Waals surface area contributed by atoms with E-state index in [9.17, 15) is 10.1 Å². The maximum atomic E-state index is 10.1. The fraction of sp³-hybridized carbons (Fsp3) is 0.600. The molecule has 0 aliphatic rings. The van der Waals surface area contributed by atoms with Gasteiger partial charge >= 0.3 is 5.82 Å². The Morgan fingerprint density at radius 1 is 1.73 bits per heavy atom. The van der Waals surface area contributed by atoms with Crippen molar-refractivity contribution in [2.75, 3.05) is 0 Å². The lowest BCUT2D eigenvalue weighted by Gasteiger charge is -1.97. The summed E-state index contributed by atoms with van der Waals surface area (Å²) in [6.07, 6.45) is 1.31. The molecule has 0 atom stereocenters. The minimum Gasteiger partial charge on any atom is -0.358 e. The smallest absolute Gasteiger partial charge is 0.358 e. The molecule has 0 saturated heterocycles. The lowest BCUT2D eigenvalue weighted by atomic mass is 10.4. The summed E-state index contributed by atoms with van der Waals surface area (Å²) in [7, 11) is 0. The van der Waals surface area contributed by atoms with Crippen molar-refractivity contribution in [3.05, 3.63) is 16.3 Å². The normalized spacial score (nSPS) is 10.5. The Bertz CT molecular complexity index is 267. The maximum absolute atomic E-state index is 10.1. The molecule has 0 fully saturated rings. The predicted molar refractivity (Wildman–Crippen MR) is 37.1 cm³/mol. The van der Waals surface area contributed by atoms with E-state index in [4.69, 9.17) is 0 Å². The largest absolute Gasteiger partial charge is 0.410 e. The molecule has 0 radical (unpaired) electrons. The van der Waals surface area contributed by atoms with Crippen LogP contribution in [0.3, 0.4) is 0 Å². The van der Waals surface area contributed by atoms with Crippen molar-refractivity contribution in [3.8, 4) is 0 Å². The molecule has 6 heteroatoms. The van der Waals surface area contributed by atoms with Crippen LogP contribution in [0.4, 0.5) is 5.82 Å². The van der Waals surface area contributed by atoms with E-state index in [1.54, 1.807) is 0 Å². The third kappa shape index (κ3) is 1.51. The van der Waals surface area contributed by atoms with Gasteiger partial charge in [0.05, 0.1) is 11.3 Å². The minimum atomic E-state index is -0.564. The molecule has 0 bridgehead atoms. The molecule has 0 saturated carbocycles. The Morgan fingerprint density at radius 3 is 2.64 bits per heavy atom. The first-order valence-electron chi connectivity index (χ1n) is 3.17. The Morgan fingerprint density at radius 2 is 2.36 bits per heavy atom. The second-order valence-corrected chi connectivity index (χ2v) is 2.41. The molecule has 1 aromatic rings. The van der Waals surface area contributed by atoms with Gasteiger partial charge < -0.3 is 10.1 Å². The molecule has 0 spiro atoms. The van der Waals surface area contributed by atoms with Gasteiger partial charge in [0, 0.05) is 0 Å². The van der Waals surface area contributed by atoms with Crippen LogP contribution >= 0.6 is 0 Å². The summed E-state index contributed by atoms with van der Waals surface area (Å²) in [5.41, 5.74) is 0. The van der Waals surface area contributed by atoms with Crippen LogP contribution in [0.15, 0.2) is 6.20 Å². The zero-order chi connectivity index (χ0) is 8.43. The summed E-state index contributed by atoms with van der Waals surface area (Å²) in [5.74, 6) is -0.210. The fourth-order valence-electron chi connectivity index (χ4n) is 0.603. The highest BCUT2D eigenvalue weighted by atomic mass is 16.6. The Hall–Kier alpha value is -1.46. The van der Waals surface area contributed by atoms with Gasteiger partial charge in [-0.15, -0.1) is 0 Å². The molecule has 0 amide bonds. The quantitative estimate of drug-likeness (QED) is 0.468. The van der Waals surface area contributed by atoms with E-state index in [0.29, 0.717) is 0 Å². The van der Waals surface area contributed by atoms with Gasteiger partial charge in [0.1, 0.15) is 11.3 Å². The SMILES string of the molecule is CC(C)n1cc([N+](=O)[O-])nn1. The summed E-state index contributed by atoms with van der Waals surface area (Å²) in [5, 5.41) is 17.0. The standard InChI is InChI=1S/C5H8N4O2/c1-4(2)8-3-5(6-7-8)9(10)11/h3-4H,1-2H3. The third-order valence-corrected chi connectivity index (χ3v) is 1.21. The van der Waals surface area contributed by atoms with E-state index in [0.717, 1.165) is 0 Å². The zero-order valence-corrected chi connectivity index (χ0v) is 6.26. The van der Waals surface area contributed by atoms with Gasteiger partial charge in [-0.3, -0.25) is 0 Å². The van der Waals surface area contributed by atoms with Crippen LogP contribution in [0.25, 0.3) is 0 Å². The summed E-state index contributed by atoms with van der Waals surface area (Å²) in [6, 6.07) is 0.108. The Kier molecular flexibility index (Phi) is 1.84. The molecule has 6 nitrogen and oxygen atoms in total. The van der Waals surface area contributed by atoms with Crippen molar-refractivity contribution < 1.29 is 4.92 Å². The second kappa shape index (κ2) is 2.65. The maximum Gasteiger partial charge on any atom is 0.410 e. The summed E-state index contributed by atoms with van der Waals surface area (Å²) in [4.78, 5) is 9.56. The van der Waals surface area contributed by atoms with E-state index in [2.05, 4.69) is 10.3 Å². The molecule has 11 heavy (non-hydrogen) atoms. The fourth-order valence-corrected chi connectivity index (χ4v) is 0.603. The molecule has 1 rings (SSSR count). The van der Waals surface area contributed by atoms with E-state index in [-0.39, 0.29) is 11.9 Å². The molecule has 1 aromatic heterocycles. The van der Waals surface area contributed by atoms with Crippen LogP contribution < -0.4 is 0 Å². The lowest BCUT2D eigenvalue weighted by Crippen LogP contribution is -2.00. The van der Waals surface area contributed by atoms with Crippen molar-refractivity contribution in [3.63, 3.8) is 0 Å². The number of hydrogen-bond donors (Lipinski definition) is 0. The first-order chi connectivity index (χ1) is 5.11. The highest BCUT2D eigenvalue weighted by molar-refractivity contribution is 5.09. The topological polar surface area (TPSA) is 73.8 Å². The van der Waals surface area contributed by atoms with Gasteiger partial charge in [0.2, 0.25) is 0 Å². The number of aromatic nitrogens is 3. The molecule has 1 heterocycles. The number of nitro groups is 1. The van der Waals surface area contributed by atoms with Crippen LogP contribution in [-0.2, 0) is 0 Å². The first kappa shape index (κ1) is 7.64. The van der Waals surface area contributed by atoms with E-state index in [1.165, 1.54) is 10.9 Å². The molecule has 0 aliphatic heterocycles. The Labute approximate surface area is 63.0 Å². The van der Waals surface area contributed by atoms with Crippen LogP contribution in [0.1, 0.15) is 19.9 Å². The second-order valence-electron chi connectivity index (χ2n) is 2.41. The van der Waals surface area contributed by atoms with E-state index >= 15 is 0 Å². The number of hydrogen-bond acceptors (Lipinski definition) is 4. The summed E-state index contributed by atoms with van der Waals surface area (Å²) >= 11 is 0. The molecular weight excluding hydrogens is 148 g/mol. The average Bonchev–Trinajstić information content (AvgIpc) is 2.33. The van der Waals surface area contributed by atoms with E-state index in [1.807, 2.05) is 13.8 Å². The van der Waals surface area contributed by atoms with Crippen molar-refractivity contribution in [2.24, 2.45) is 0 Å². The summed E-state index contributed by atoms with van der Waals surface area (Å²) < 4.78 is 1.44. The number of nitrogens with zero attached hydrogens (tertiary/aromatic N) is 4. The van der Waals surface area contributed by atoms with E-state index < -0.39 is 4.92 Å². The highest BCUT2D eigenvalue weighted by Gasteiger charge is 2.12. The van der Waals surface area contributed by atoms with Gasteiger partial charge in [-0.25, -0.2) is 4.68 Å². The minimum absolute atomic E-state index is 0.108. The van der Waals surface area contributed by atoms with Crippen LogP contribution in [-0.4, -0.2) is 19.9 Å². The van der Waals surface area contributed by atoms with Gasteiger partial charge in [-0.05, 0) is 18.8 Å². The van der Waals surface area contributed by atoms with Crippen LogP contribution in [0.5, 0.6) is 0 Å². The monoisotopic (exact) mass is 156 g/mol. The first-order valence-corrected chi connectivity index (χ1v) is 3.17. The van der Waals surface area contributed by atoms with Gasteiger partial charge in [-0.1, -0.05) is 0 Å². The molecule has 0 unspecified atom stereocenters. The zero-order valence-electron chi connectivity index (χ0n) is 6.26. The lowest BCUT2D eigenvalue weighted by molar-refractivity contribution is -0.389. The van der Waals surface area contributed by atoms with Crippen molar-refractivity contribution >= 4 is 5.82 Å². The van der Waals surface area contributed by atoms with Crippen LogP contribution in [0.2, 0.25) is 0 Å².